The third kappa shape index (κ3) is 3.29. The molecule has 0 bridgehead atoms. The smallest absolute Gasteiger partial charge is 0.246 e. The lowest BCUT2D eigenvalue weighted by molar-refractivity contribution is 0.0682. The third-order valence-corrected chi connectivity index (χ3v) is 5.87. The summed E-state index contributed by atoms with van der Waals surface area (Å²) in [6.07, 6.45) is 4.15. The van der Waals surface area contributed by atoms with Crippen LogP contribution >= 0.6 is 0 Å². The second kappa shape index (κ2) is 7.30. The Kier molecular flexibility index (Phi) is 5.14. The van der Waals surface area contributed by atoms with Crippen LogP contribution in [0.3, 0.4) is 0 Å². The maximum atomic E-state index is 13.2. The van der Waals surface area contributed by atoms with Gasteiger partial charge in [-0.15, -0.1) is 0 Å². The molecular formula is C19H21NO3S. The fraction of sp³-hybridized carbons (Fsp3) is 0.263. The van der Waals surface area contributed by atoms with E-state index in [1.165, 1.54) is 4.31 Å². The van der Waals surface area contributed by atoms with Gasteiger partial charge in [0.15, 0.2) is 6.23 Å². The molecule has 3 rings (SSSR count). The molecule has 0 unspecified atom stereocenters. The highest BCUT2D eigenvalue weighted by atomic mass is 32.2. The van der Waals surface area contributed by atoms with Crippen LogP contribution in [0.25, 0.3) is 0 Å². The first-order valence-electron chi connectivity index (χ1n) is 8.06. The average molecular weight is 343 g/mol. The highest BCUT2D eigenvalue weighted by Crippen LogP contribution is 2.36. The zero-order chi connectivity index (χ0) is 17.0. The van der Waals surface area contributed by atoms with Gasteiger partial charge in [0.25, 0.3) is 0 Å². The average Bonchev–Trinajstić information content (AvgIpc) is 3.06. The molecule has 24 heavy (non-hydrogen) atoms. The van der Waals surface area contributed by atoms with E-state index >= 15 is 0 Å². The molecule has 0 spiro atoms. The van der Waals surface area contributed by atoms with E-state index in [1.807, 2.05) is 55.5 Å². The molecule has 1 fully saturated rings. The van der Waals surface area contributed by atoms with Gasteiger partial charge in [0.2, 0.25) is 10.0 Å². The summed E-state index contributed by atoms with van der Waals surface area (Å²) in [5.74, 6) is 0. The van der Waals surface area contributed by atoms with Crippen molar-refractivity contribution in [3.8, 4) is 0 Å². The molecule has 5 heteroatoms. The Bertz CT molecular complexity index is 788. The Hall–Kier alpha value is -1.95. The molecule has 0 aliphatic carbocycles. The van der Waals surface area contributed by atoms with Crippen LogP contribution in [0.2, 0.25) is 0 Å². The molecule has 2 aromatic carbocycles. The van der Waals surface area contributed by atoms with Gasteiger partial charge in [-0.1, -0.05) is 67.6 Å². The topological polar surface area (TPSA) is 46.6 Å². The third-order valence-electron chi connectivity index (χ3n) is 3.98. The van der Waals surface area contributed by atoms with Gasteiger partial charge in [-0.25, -0.2) is 8.42 Å². The van der Waals surface area contributed by atoms with Crippen molar-refractivity contribution >= 4 is 10.0 Å². The number of nitrogens with zero attached hydrogens (tertiary/aromatic N) is 1. The van der Waals surface area contributed by atoms with Gasteiger partial charge in [-0.2, -0.15) is 4.31 Å². The quantitative estimate of drug-likeness (QED) is 0.777. The summed E-state index contributed by atoms with van der Waals surface area (Å²) >= 11 is 0. The highest BCUT2D eigenvalue weighted by Gasteiger charge is 2.42. The van der Waals surface area contributed by atoms with E-state index in [0.29, 0.717) is 6.61 Å². The van der Waals surface area contributed by atoms with E-state index < -0.39 is 16.3 Å². The largest absolute Gasteiger partial charge is 0.356 e. The number of sulfonamides is 1. The molecule has 4 nitrogen and oxygen atoms in total. The summed E-state index contributed by atoms with van der Waals surface area (Å²) in [5, 5.41) is 0. The summed E-state index contributed by atoms with van der Waals surface area (Å²) < 4.78 is 33.7. The lowest BCUT2D eigenvalue weighted by atomic mass is 10.2. The molecule has 1 aliphatic rings. The van der Waals surface area contributed by atoms with Gasteiger partial charge in [-0.05, 0) is 24.1 Å². The molecule has 0 saturated carbocycles. The predicted octanol–water partition coefficient (Wildman–Crippen LogP) is 3.74. The van der Waals surface area contributed by atoms with Crippen LogP contribution in [-0.4, -0.2) is 25.4 Å². The summed E-state index contributed by atoms with van der Waals surface area (Å²) in [4.78, 5) is 0.284. The lowest BCUT2D eigenvalue weighted by Gasteiger charge is -2.26. The lowest BCUT2D eigenvalue weighted by Crippen LogP contribution is -2.37. The second-order valence-electron chi connectivity index (χ2n) is 5.65. The second-order valence-corrected chi connectivity index (χ2v) is 7.49. The number of hydrogen-bond acceptors (Lipinski definition) is 3. The van der Waals surface area contributed by atoms with Crippen molar-refractivity contribution in [3.63, 3.8) is 0 Å². The molecule has 126 valence electrons. The monoisotopic (exact) mass is 343 g/mol. The maximum Gasteiger partial charge on any atom is 0.246 e. The van der Waals surface area contributed by atoms with Crippen LogP contribution < -0.4 is 0 Å². The maximum absolute atomic E-state index is 13.2. The zero-order valence-electron chi connectivity index (χ0n) is 13.6. The van der Waals surface area contributed by atoms with Crippen molar-refractivity contribution in [2.24, 2.45) is 0 Å². The van der Waals surface area contributed by atoms with Crippen molar-refractivity contribution in [1.82, 2.24) is 4.31 Å². The summed E-state index contributed by atoms with van der Waals surface area (Å²) in [6.45, 7) is 2.37. The Morgan fingerprint density at radius 2 is 1.71 bits per heavy atom. The number of allylic oxidation sites excluding steroid dienone is 1. The van der Waals surface area contributed by atoms with Crippen LogP contribution in [0, 0.1) is 0 Å². The molecular weight excluding hydrogens is 322 g/mol. The van der Waals surface area contributed by atoms with E-state index in [9.17, 15) is 8.42 Å². The van der Waals surface area contributed by atoms with Crippen molar-refractivity contribution in [3.05, 3.63) is 78.4 Å². The molecule has 0 amide bonds. The Morgan fingerprint density at radius 3 is 2.33 bits per heavy atom. The van der Waals surface area contributed by atoms with Gasteiger partial charge in [0.1, 0.15) is 0 Å². The van der Waals surface area contributed by atoms with E-state index in [0.717, 1.165) is 12.0 Å². The highest BCUT2D eigenvalue weighted by molar-refractivity contribution is 7.89. The number of benzene rings is 2. The molecule has 2 atom stereocenters. The molecule has 1 heterocycles. The van der Waals surface area contributed by atoms with Crippen LogP contribution in [0.15, 0.2) is 77.7 Å². The minimum atomic E-state index is -3.66. The summed E-state index contributed by atoms with van der Waals surface area (Å²) in [7, 11) is -3.66. The number of rotatable bonds is 5. The minimum Gasteiger partial charge on any atom is -0.356 e. The molecule has 0 N–H and O–H groups in total. The Morgan fingerprint density at radius 1 is 1.08 bits per heavy atom. The van der Waals surface area contributed by atoms with Crippen molar-refractivity contribution in [2.45, 2.75) is 30.5 Å². The van der Waals surface area contributed by atoms with Gasteiger partial charge >= 0.3 is 0 Å². The Labute approximate surface area is 143 Å². The van der Waals surface area contributed by atoms with Gasteiger partial charge in [-0.3, -0.25) is 0 Å². The molecule has 0 radical (unpaired) electrons. The van der Waals surface area contributed by atoms with Crippen LogP contribution in [0.4, 0.5) is 0 Å². The van der Waals surface area contributed by atoms with Gasteiger partial charge in [0.05, 0.1) is 17.5 Å². The van der Waals surface area contributed by atoms with E-state index in [2.05, 4.69) is 0 Å². The molecule has 2 aromatic rings. The standard InChI is InChI=1S/C19H21NO3S/c1-2-3-12-17-15-23-19(16-10-6-4-7-11-16)20(17)24(21,22)18-13-8-5-9-14-18/h3-14,17,19H,2,15H2,1H3/b12-3+/t17-,19-/m0/s1. The first kappa shape index (κ1) is 16.9. The Balaban J connectivity index is 2.04. The first-order valence-corrected chi connectivity index (χ1v) is 9.50. The summed E-state index contributed by atoms with van der Waals surface area (Å²) in [5.41, 5.74) is 0.837. The van der Waals surface area contributed by atoms with Crippen molar-refractivity contribution < 1.29 is 13.2 Å². The van der Waals surface area contributed by atoms with E-state index in [1.54, 1.807) is 24.3 Å². The number of ether oxygens (including phenoxy) is 1. The van der Waals surface area contributed by atoms with Crippen LogP contribution in [-0.2, 0) is 14.8 Å². The fourth-order valence-corrected chi connectivity index (χ4v) is 4.49. The zero-order valence-corrected chi connectivity index (χ0v) is 14.4. The van der Waals surface area contributed by atoms with Crippen LogP contribution in [0.5, 0.6) is 0 Å². The molecule has 0 aromatic heterocycles. The van der Waals surface area contributed by atoms with Crippen molar-refractivity contribution in [1.29, 1.82) is 0 Å². The minimum absolute atomic E-state index is 0.284. The van der Waals surface area contributed by atoms with E-state index in [4.69, 9.17) is 4.74 Å². The normalized spacial score (nSPS) is 22.2. The van der Waals surface area contributed by atoms with Crippen molar-refractivity contribution in [2.75, 3.05) is 6.61 Å². The number of hydrogen-bond donors (Lipinski definition) is 0. The van der Waals surface area contributed by atoms with Crippen LogP contribution in [0.1, 0.15) is 25.1 Å². The predicted molar refractivity (Wildman–Crippen MR) is 93.8 cm³/mol. The summed E-state index contributed by atoms with van der Waals surface area (Å²) in [6, 6.07) is 17.7. The fourth-order valence-electron chi connectivity index (χ4n) is 2.82. The molecule has 1 aliphatic heterocycles. The van der Waals surface area contributed by atoms with Gasteiger partial charge in [0, 0.05) is 0 Å². The first-order chi connectivity index (χ1) is 11.6. The molecule has 1 saturated heterocycles. The van der Waals surface area contributed by atoms with E-state index in [-0.39, 0.29) is 10.9 Å². The van der Waals surface area contributed by atoms with Gasteiger partial charge < -0.3 is 4.74 Å². The SMILES string of the molecule is CC/C=C/[C@H]1CO[C@@H](c2ccccc2)N1S(=O)(=O)c1ccccc1.